The second-order valence-corrected chi connectivity index (χ2v) is 7.55. The number of hydrogen-bond acceptors (Lipinski definition) is 6. The largest absolute Gasteiger partial charge is 0.513 e. The maximum absolute atomic E-state index is 12.7. The Morgan fingerprint density at radius 1 is 0.886 bits per heavy atom. The fourth-order valence-electron chi connectivity index (χ4n) is 3.28. The predicted octanol–water partition coefficient (Wildman–Crippen LogP) is 4.73. The van der Waals surface area contributed by atoms with Gasteiger partial charge in [0.1, 0.15) is 11.5 Å². The third kappa shape index (κ3) is 7.89. The minimum absolute atomic E-state index is 0.0915. The molecule has 0 atom stereocenters. The second kappa shape index (κ2) is 12.8. The van der Waals surface area contributed by atoms with Gasteiger partial charge in [0.15, 0.2) is 0 Å². The van der Waals surface area contributed by atoms with Gasteiger partial charge in [-0.15, -0.1) is 0 Å². The highest BCUT2D eigenvalue weighted by Crippen LogP contribution is 2.19. The molecule has 0 bridgehead atoms. The van der Waals surface area contributed by atoms with Gasteiger partial charge in [0.25, 0.3) is 5.91 Å². The highest BCUT2D eigenvalue weighted by Gasteiger charge is 2.12. The molecular weight excluding hydrogens is 448 g/mol. The van der Waals surface area contributed by atoms with Crippen molar-refractivity contribution in [3.05, 3.63) is 89.5 Å². The molecular formula is C27H28N2O6. The Kier molecular flexibility index (Phi) is 9.24. The van der Waals surface area contributed by atoms with Crippen molar-refractivity contribution in [3.63, 3.8) is 0 Å². The van der Waals surface area contributed by atoms with E-state index in [1.54, 1.807) is 38.3 Å². The summed E-state index contributed by atoms with van der Waals surface area (Å²) in [5.74, 6) is 0.612. The van der Waals surface area contributed by atoms with Gasteiger partial charge in [-0.1, -0.05) is 30.3 Å². The minimum Gasteiger partial charge on any atom is -0.497 e. The first kappa shape index (κ1) is 25.3. The first-order valence-corrected chi connectivity index (χ1v) is 11.2. The summed E-state index contributed by atoms with van der Waals surface area (Å²) in [4.78, 5) is 36.5. The number of hydrogen-bond donors (Lipinski definition) is 2. The number of anilines is 1. The van der Waals surface area contributed by atoms with E-state index in [0.717, 1.165) is 16.9 Å². The zero-order valence-corrected chi connectivity index (χ0v) is 19.7. The summed E-state index contributed by atoms with van der Waals surface area (Å²) in [7, 11) is 1.61. The van der Waals surface area contributed by atoms with E-state index < -0.39 is 6.16 Å². The smallest absolute Gasteiger partial charge is 0.497 e. The standard InChI is InChI=1S/C27H28N2O6/c1-3-34-27(32)35-22-14-12-20(13-15-22)26(31)29-24-10-5-4-8-21(24)18-28-25(30)16-11-19-7-6-9-23(17-19)33-2/h4-10,12-15,17H,3,11,16,18H2,1-2H3,(H,28,30)(H,29,31). The Morgan fingerprint density at radius 2 is 1.66 bits per heavy atom. The molecule has 0 unspecified atom stereocenters. The molecule has 0 heterocycles. The molecule has 0 aliphatic heterocycles. The second-order valence-electron chi connectivity index (χ2n) is 7.55. The lowest BCUT2D eigenvalue weighted by Crippen LogP contribution is -2.24. The van der Waals surface area contributed by atoms with Crippen molar-refractivity contribution in [1.82, 2.24) is 5.32 Å². The number of aryl methyl sites for hydroxylation is 1. The molecule has 0 saturated heterocycles. The van der Waals surface area contributed by atoms with Crippen LogP contribution in [0, 0.1) is 0 Å². The molecule has 3 aromatic rings. The summed E-state index contributed by atoms with van der Waals surface area (Å²) >= 11 is 0. The quantitative estimate of drug-likeness (QED) is 0.324. The fourth-order valence-corrected chi connectivity index (χ4v) is 3.28. The van der Waals surface area contributed by atoms with Crippen molar-refractivity contribution in [3.8, 4) is 11.5 Å². The van der Waals surface area contributed by atoms with Crippen LogP contribution in [0.3, 0.4) is 0 Å². The molecule has 0 fully saturated rings. The Morgan fingerprint density at radius 3 is 2.40 bits per heavy atom. The number of rotatable bonds is 10. The fraction of sp³-hybridized carbons (Fsp3) is 0.222. The molecule has 0 aliphatic rings. The summed E-state index contributed by atoms with van der Waals surface area (Å²) in [5, 5.41) is 5.77. The highest BCUT2D eigenvalue weighted by molar-refractivity contribution is 6.04. The van der Waals surface area contributed by atoms with Crippen LogP contribution in [0.25, 0.3) is 0 Å². The number of nitrogens with one attached hydrogen (secondary N) is 2. The molecule has 0 spiro atoms. The van der Waals surface area contributed by atoms with Gasteiger partial charge in [-0.25, -0.2) is 4.79 Å². The van der Waals surface area contributed by atoms with Crippen LogP contribution in [-0.2, 0) is 22.5 Å². The van der Waals surface area contributed by atoms with Crippen LogP contribution in [0.15, 0.2) is 72.8 Å². The summed E-state index contributed by atoms with van der Waals surface area (Å²) < 4.78 is 14.9. The van der Waals surface area contributed by atoms with Gasteiger partial charge in [0.05, 0.1) is 13.7 Å². The lowest BCUT2D eigenvalue weighted by molar-refractivity contribution is -0.121. The Hall–Kier alpha value is -4.33. The van der Waals surface area contributed by atoms with Crippen molar-refractivity contribution in [2.75, 3.05) is 19.0 Å². The maximum atomic E-state index is 12.7. The monoisotopic (exact) mass is 476 g/mol. The van der Waals surface area contributed by atoms with Crippen LogP contribution in [-0.4, -0.2) is 31.7 Å². The first-order valence-electron chi connectivity index (χ1n) is 11.2. The first-order chi connectivity index (χ1) is 17.0. The number of carbonyl (C=O) groups excluding carboxylic acids is 3. The molecule has 2 amide bonds. The lowest BCUT2D eigenvalue weighted by Gasteiger charge is -2.12. The van der Waals surface area contributed by atoms with E-state index in [1.165, 1.54) is 12.1 Å². The number of amides is 2. The molecule has 0 aromatic heterocycles. The van der Waals surface area contributed by atoms with Gasteiger partial charge >= 0.3 is 6.16 Å². The molecule has 8 nitrogen and oxygen atoms in total. The van der Waals surface area contributed by atoms with Gasteiger partial charge in [-0.3, -0.25) is 9.59 Å². The molecule has 8 heteroatoms. The summed E-state index contributed by atoms with van der Waals surface area (Å²) in [6.07, 6.45) is 0.128. The molecule has 0 radical (unpaired) electrons. The average molecular weight is 477 g/mol. The molecule has 182 valence electrons. The average Bonchev–Trinajstić information content (AvgIpc) is 2.87. The Balaban J connectivity index is 1.54. The number of benzene rings is 3. The maximum Gasteiger partial charge on any atom is 0.513 e. The van der Waals surface area contributed by atoms with Crippen LogP contribution >= 0.6 is 0 Å². The normalized spacial score (nSPS) is 10.2. The van der Waals surface area contributed by atoms with Crippen LogP contribution in [0.2, 0.25) is 0 Å². The van der Waals surface area contributed by atoms with Crippen molar-refractivity contribution in [1.29, 1.82) is 0 Å². The molecule has 2 N–H and O–H groups in total. The SMILES string of the molecule is CCOC(=O)Oc1ccc(C(=O)Nc2ccccc2CNC(=O)CCc2cccc(OC)c2)cc1. The Labute approximate surface area is 204 Å². The van der Waals surface area contributed by atoms with E-state index in [2.05, 4.69) is 10.6 Å². The van der Waals surface area contributed by atoms with Gasteiger partial charge in [-0.05, 0) is 66.9 Å². The third-order valence-electron chi connectivity index (χ3n) is 5.10. The van der Waals surface area contributed by atoms with E-state index >= 15 is 0 Å². The van der Waals surface area contributed by atoms with E-state index in [9.17, 15) is 14.4 Å². The zero-order valence-electron chi connectivity index (χ0n) is 19.7. The van der Waals surface area contributed by atoms with Gasteiger partial charge in [0, 0.05) is 24.2 Å². The molecule has 35 heavy (non-hydrogen) atoms. The molecule has 0 aliphatic carbocycles. The zero-order chi connectivity index (χ0) is 25.0. The van der Waals surface area contributed by atoms with Crippen LogP contribution in [0.4, 0.5) is 10.5 Å². The topological polar surface area (TPSA) is 103 Å². The number of ether oxygens (including phenoxy) is 3. The van der Waals surface area contributed by atoms with Crippen molar-refractivity contribution in [2.45, 2.75) is 26.3 Å². The van der Waals surface area contributed by atoms with Gasteiger partial charge in [0.2, 0.25) is 5.91 Å². The van der Waals surface area contributed by atoms with Crippen LogP contribution in [0.1, 0.15) is 34.8 Å². The summed E-state index contributed by atoms with van der Waals surface area (Å²) in [5.41, 5.74) is 2.78. The van der Waals surface area contributed by atoms with E-state index in [0.29, 0.717) is 24.1 Å². The predicted molar refractivity (Wildman–Crippen MR) is 132 cm³/mol. The minimum atomic E-state index is -0.802. The van der Waals surface area contributed by atoms with Crippen molar-refractivity contribution < 1.29 is 28.6 Å². The van der Waals surface area contributed by atoms with Gasteiger partial charge in [-0.2, -0.15) is 0 Å². The lowest BCUT2D eigenvalue weighted by atomic mass is 10.1. The van der Waals surface area contributed by atoms with Crippen LogP contribution in [0.5, 0.6) is 11.5 Å². The van der Waals surface area contributed by atoms with E-state index in [4.69, 9.17) is 14.2 Å². The van der Waals surface area contributed by atoms with Crippen molar-refractivity contribution >= 4 is 23.7 Å². The number of para-hydroxylation sites is 1. The molecule has 3 rings (SSSR count). The van der Waals surface area contributed by atoms with E-state index in [-0.39, 0.29) is 30.7 Å². The summed E-state index contributed by atoms with van der Waals surface area (Å²) in [6, 6.07) is 21.0. The number of methoxy groups -OCH3 is 1. The number of carbonyl (C=O) groups is 3. The van der Waals surface area contributed by atoms with E-state index in [1.807, 2.05) is 36.4 Å². The van der Waals surface area contributed by atoms with Gasteiger partial charge < -0.3 is 24.8 Å². The van der Waals surface area contributed by atoms with Crippen molar-refractivity contribution in [2.24, 2.45) is 0 Å². The third-order valence-corrected chi connectivity index (χ3v) is 5.10. The Bertz CT molecular complexity index is 1160. The molecule has 3 aromatic carbocycles. The molecule has 0 saturated carbocycles. The van der Waals surface area contributed by atoms with Crippen LogP contribution < -0.4 is 20.1 Å². The summed E-state index contributed by atoms with van der Waals surface area (Å²) in [6.45, 7) is 2.17. The highest BCUT2D eigenvalue weighted by atomic mass is 16.7.